The minimum absolute atomic E-state index is 0.0158. The highest BCUT2D eigenvalue weighted by molar-refractivity contribution is 5.97. The quantitative estimate of drug-likeness (QED) is 0.807. The van der Waals surface area contributed by atoms with Crippen molar-refractivity contribution < 1.29 is 9.90 Å². The maximum absolute atomic E-state index is 12.5. The van der Waals surface area contributed by atoms with E-state index in [1.807, 2.05) is 42.1 Å². The van der Waals surface area contributed by atoms with E-state index < -0.39 is 0 Å². The SMILES string of the molecule is CN(C(=O)Cc1cn(C)c2ccccc12)c1ccc(O)cc1. The van der Waals surface area contributed by atoms with Crippen LogP contribution in [0.2, 0.25) is 0 Å². The topological polar surface area (TPSA) is 45.5 Å². The summed E-state index contributed by atoms with van der Waals surface area (Å²) in [6, 6.07) is 14.7. The number of para-hydroxylation sites is 1. The summed E-state index contributed by atoms with van der Waals surface area (Å²) in [4.78, 5) is 14.1. The average molecular weight is 294 g/mol. The number of hydrogen-bond acceptors (Lipinski definition) is 2. The van der Waals surface area contributed by atoms with E-state index in [1.54, 1.807) is 36.2 Å². The Morgan fingerprint density at radius 2 is 1.82 bits per heavy atom. The Labute approximate surface area is 129 Å². The highest BCUT2D eigenvalue weighted by Crippen LogP contribution is 2.23. The van der Waals surface area contributed by atoms with Crippen LogP contribution in [0.1, 0.15) is 5.56 Å². The number of phenolic OH excluding ortho intramolecular Hbond substituents is 1. The molecule has 0 fully saturated rings. The molecule has 1 heterocycles. The van der Waals surface area contributed by atoms with Crippen molar-refractivity contribution >= 4 is 22.5 Å². The maximum atomic E-state index is 12.5. The molecule has 4 heteroatoms. The minimum atomic E-state index is 0.0158. The van der Waals surface area contributed by atoms with E-state index in [4.69, 9.17) is 0 Å². The largest absolute Gasteiger partial charge is 0.508 e. The van der Waals surface area contributed by atoms with Crippen molar-refractivity contribution in [2.24, 2.45) is 7.05 Å². The molecule has 22 heavy (non-hydrogen) atoms. The Morgan fingerprint density at radius 1 is 1.14 bits per heavy atom. The number of amides is 1. The molecule has 0 saturated heterocycles. The first-order valence-corrected chi connectivity index (χ1v) is 7.15. The van der Waals surface area contributed by atoms with Gasteiger partial charge in [-0.3, -0.25) is 4.79 Å². The number of aryl methyl sites for hydroxylation is 1. The molecule has 0 aliphatic rings. The summed E-state index contributed by atoms with van der Waals surface area (Å²) in [5.41, 5.74) is 2.91. The van der Waals surface area contributed by atoms with Crippen LogP contribution in [0, 0.1) is 0 Å². The molecule has 0 unspecified atom stereocenters. The van der Waals surface area contributed by atoms with E-state index in [0.717, 1.165) is 22.2 Å². The molecule has 0 saturated carbocycles. The van der Waals surface area contributed by atoms with Crippen LogP contribution in [0.25, 0.3) is 10.9 Å². The van der Waals surface area contributed by atoms with Crippen molar-refractivity contribution in [3.63, 3.8) is 0 Å². The third kappa shape index (κ3) is 2.55. The lowest BCUT2D eigenvalue weighted by molar-refractivity contribution is -0.117. The van der Waals surface area contributed by atoms with E-state index in [1.165, 1.54) is 0 Å². The molecule has 0 spiro atoms. The van der Waals surface area contributed by atoms with Crippen molar-refractivity contribution in [2.45, 2.75) is 6.42 Å². The number of benzene rings is 2. The van der Waals surface area contributed by atoms with Crippen LogP contribution in [0.4, 0.5) is 5.69 Å². The van der Waals surface area contributed by atoms with E-state index in [9.17, 15) is 9.90 Å². The Bertz CT molecular complexity index is 819. The monoisotopic (exact) mass is 294 g/mol. The molecule has 1 N–H and O–H groups in total. The van der Waals surface area contributed by atoms with E-state index in [-0.39, 0.29) is 11.7 Å². The fourth-order valence-electron chi connectivity index (χ4n) is 2.67. The number of carbonyl (C=O) groups excluding carboxylic acids is 1. The number of anilines is 1. The number of hydrogen-bond donors (Lipinski definition) is 1. The fraction of sp³-hybridized carbons (Fsp3) is 0.167. The van der Waals surface area contributed by atoms with E-state index in [0.29, 0.717) is 6.42 Å². The van der Waals surface area contributed by atoms with Gasteiger partial charge in [0.25, 0.3) is 0 Å². The van der Waals surface area contributed by atoms with Gasteiger partial charge < -0.3 is 14.6 Å². The molecule has 0 aliphatic carbocycles. The van der Waals surface area contributed by atoms with Gasteiger partial charge in [-0.1, -0.05) is 18.2 Å². The van der Waals surface area contributed by atoms with Gasteiger partial charge in [-0.05, 0) is 35.9 Å². The van der Waals surface area contributed by atoms with E-state index >= 15 is 0 Å². The first-order valence-electron chi connectivity index (χ1n) is 7.15. The normalized spacial score (nSPS) is 10.8. The van der Waals surface area contributed by atoms with Gasteiger partial charge in [-0.15, -0.1) is 0 Å². The van der Waals surface area contributed by atoms with Crippen molar-refractivity contribution in [3.8, 4) is 5.75 Å². The zero-order valence-corrected chi connectivity index (χ0v) is 12.7. The number of aromatic nitrogens is 1. The number of rotatable bonds is 3. The Kier molecular flexibility index (Phi) is 3.59. The first kappa shape index (κ1) is 14.2. The van der Waals surface area contributed by atoms with Crippen LogP contribution in [-0.2, 0) is 18.3 Å². The van der Waals surface area contributed by atoms with Crippen LogP contribution in [-0.4, -0.2) is 22.6 Å². The zero-order valence-electron chi connectivity index (χ0n) is 12.7. The highest BCUT2D eigenvalue weighted by atomic mass is 16.3. The predicted molar refractivity (Wildman–Crippen MR) is 88.1 cm³/mol. The van der Waals surface area contributed by atoms with Crippen LogP contribution >= 0.6 is 0 Å². The molecule has 3 aromatic rings. The van der Waals surface area contributed by atoms with Gasteiger partial charge in [0, 0.05) is 36.9 Å². The van der Waals surface area contributed by atoms with Gasteiger partial charge in [-0.25, -0.2) is 0 Å². The number of phenols is 1. The Morgan fingerprint density at radius 3 is 2.55 bits per heavy atom. The lowest BCUT2D eigenvalue weighted by Gasteiger charge is -2.17. The molecule has 0 radical (unpaired) electrons. The molecular weight excluding hydrogens is 276 g/mol. The lowest BCUT2D eigenvalue weighted by atomic mass is 10.1. The third-order valence-electron chi connectivity index (χ3n) is 3.93. The van der Waals surface area contributed by atoms with Crippen molar-refractivity contribution in [1.82, 2.24) is 4.57 Å². The number of carbonyl (C=O) groups is 1. The predicted octanol–water partition coefficient (Wildman–Crippen LogP) is 3.09. The van der Waals surface area contributed by atoms with Crippen LogP contribution < -0.4 is 4.90 Å². The van der Waals surface area contributed by atoms with Gasteiger partial charge in [0.2, 0.25) is 5.91 Å². The maximum Gasteiger partial charge on any atom is 0.231 e. The second kappa shape index (κ2) is 5.56. The Balaban J connectivity index is 1.85. The summed E-state index contributed by atoms with van der Waals surface area (Å²) >= 11 is 0. The summed E-state index contributed by atoms with van der Waals surface area (Å²) < 4.78 is 2.04. The molecule has 0 aliphatic heterocycles. The minimum Gasteiger partial charge on any atom is -0.508 e. The fourth-order valence-corrected chi connectivity index (χ4v) is 2.67. The molecule has 1 amide bonds. The van der Waals surface area contributed by atoms with Crippen LogP contribution in [0.5, 0.6) is 5.75 Å². The van der Waals surface area contributed by atoms with Crippen LogP contribution in [0.15, 0.2) is 54.7 Å². The first-order chi connectivity index (χ1) is 10.6. The summed E-state index contributed by atoms with van der Waals surface area (Å²) in [6.45, 7) is 0. The molecule has 112 valence electrons. The molecule has 2 aromatic carbocycles. The third-order valence-corrected chi connectivity index (χ3v) is 3.93. The molecule has 4 nitrogen and oxygen atoms in total. The van der Waals surface area contributed by atoms with Gasteiger partial charge in [0.15, 0.2) is 0 Å². The zero-order chi connectivity index (χ0) is 15.7. The number of fused-ring (bicyclic) bond motifs is 1. The van der Waals surface area contributed by atoms with Crippen molar-refractivity contribution in [3.05, 3.63) is 60.3 Å². The van der Waals surface area contributed by atoms with Gasteiger partial charge in [0.05, 0.1) is 6.42 Å². The van der Waals surface area contributed by atoms with Crippen molar-refractivity contribution in [1.29, 1.82) is 0 Å². The highest BCUT2D eigenvalue weighted by Gasteiger charge is 2.15. The number of aromatic hydroxyl groups is 1. The summed E-state index contributed by atoms with van der Waals surface area (Å²) in [5.74, 6) is 0.209. The molecule has 1 aromatic heterocycles. The van der Waals surface area contributed by atoms with Gasteiger partial charge >= 0.3 is 0 Å². The summed E-state index contributed by atoms with van der Waals surface area (Å²) in [5, 5.41) is 10.4. The number of nitrogens with zero attached hydrogens (tertiary/aromatic N) is 2. The Hall–Kier alpha value is -2.75. The smallest absolute Gasteiger partial charge is 0.231 e. The standard InChI is InChI=1S/C18H18N2O2/c1-19-12-13(16-5-3-4-6-17(16)19)11-18(22)20(2)14-7-9-15(21)10-8-14/h3-10,12,21H,11H2,1-2H3. The van der Waals surface area contributed by atoms with Gasteiger partial charge in [0.1, 0.15) is 5.75 Å². The number of likely N-dealkylation sites (N-methyl/N-ethyl adjacent to an activating group) is 1. The lowest BCUT2D eigenvalue weighted by Crippen LogP contribution is -2.27. The second-order valence-corrected chi connectivity index (χ2v) is 5.43. The molecular formula is C18H18N2O2. The summed E-state index contributed by atoms with van der Waals surface area (Å²) in [7, 11) is 3.74. The second-order valence-electron chi connectivity index (χ2n) is 5.43. The molecule has 0 bridgehead atoms. The molecule has 3 rings (SSSR count). The van der Waals surface area contributed by atoms with E-state index in [2.05, 4.69) is 0 Å². The van der Waals surface area contributed by atoms with Crippen molar-refractivity contribution in [2.75, 3.05) is 11.9 Å². The summed E-state index contributed by atoms with van der Waals surface area (Å²) in [6.07, 6.45) is 2.35. The average Bonchev–Trinajstić information content (AvgIpc) is 2.84. The van der Waals surface area contributed by atoms with Gasteiger partial charge in [-0.2, -0.15) is 0 Å². The molecule has 0 atom stereocenters. The van der Waals surface area contributed by atoms with Crippen LogP contribution in [0.3, 0.4) is 0 Å².